The van der Waals surface area contributed by atoms with Gasteiger partial charge in [-0.15, -0.1) is 13.2 Å². The number of fused-ring (bicyclic) bond motifs is 1. The Bertz CT molecular complexity index is 1500. The van der Waals surface area contributed by atoms with E-state index in [-0.39, 0.29) is 25.4 Å². The molecule has 7 atom stereocenters. The molecule has 11 heteroatoms. The van der Waals surface area contributed by atoms with Gasteiger partial charge in [0.2, 0.25) is 11.8 Å². The van der Waals surface area contributed by atoms with Crippen molar-refractivity contribution in [3.05, 3.63) is 85.5 Å². The van der Waals surface area contributed by atoms with Crippen LogP contribution in [0.3, 0.4) is 0 Å². The van der Waals surface area contributed by atoms with Crippen molar-refractivity contribution >= 4 is 29.4 Å². The smallest absolute Gasteiger partial charge is 0.312 e. The Morgan fingerprint density at radius 2 is 1.88 bits per heavy atom. The minimum absolute atomic E-state index is 0.110. The third-order valence-corrected chi connectivity index (χ3v) is 9.60. The number of aliphatic hydroxyl groups is 1. The molecule has 2 N–H and O–H groups in total. The summed E-state index contributed by atoms with van der Waals surface area (Å²) in [5.41, 5.74) is 0.151. The lowest BCUT2D eigenvalue weighted by Gasteiger charge is -2.39. The zero-order valence-electron chi connectivity index (χ0n) is 27.6. The zero-order chi connectivity index (χ0) is 34.4. The molecule has 0 aromatic heterocycles. The van der Waals surface area contributed by atoms with Crippen molar-refractivity contribution in [2.45, 2.75) is 68.9 Å². The molecule has 11 nitrogen and oxygen atoms in total. The second-order valence-corrected chi connectivity index (χ2v) is 12.6. The van der Waals surface area contributed by atoms with Crippen LogP contribution in [0.1, 0.15) is 38.2 Å². The Morgan fingerprint density at radius 3 is 2.52 bits per heavy atom. The summed E-state index contributed by atoms with van der Waals surface area (Å²) in [6.45, 7) is 9.02. The summed E-state index contributed by atoms with van der Waals surface area (Å²) in [5, 5.41) is 13.5. The molecule has 0 saturated carbocycles. The molecule has 3 amide bonds. The average Bonchev–Trinajstić information content (AvgIpc) is 3.75. The number of carbonyl (C=O) groups is 4. The standard InChI is InChI=1S/C37H45N3O8/c1-5-7-13-30(42)38-22-24(3)47-36(45)31-29-18-19-37(48-29)32(31)34(43)40(27(23-41)21-25-11-9-8-10-12-25)33(37)35(44)39(20-6-2)26-14-16-28(46-4)17-15-26/h5-6,8-12,14-17,24,27,29,31-33,41H,1-2,7,13,18-23H2,3-4H3,(H,38,42)/t24-,27-,29-,31+,32+,33-,37+/m1/s1. The van der Waals surface area contributed by atoms with E-state index in [4.69, 9.17) is 14.2 Å². The molecule has 3 fully saturated rings. The number of nitrogens with one attached hydrogen (secondary N) is 1. The Balaban J connectivity index is 1.48. The van der Waals surface area contributed by atoms with Gasteiger partial charge >= 0.3 is 5.97 Å². The number of likely N-dealkylation sites (tertiary alicyclic amines) is 1. The lowest BCUT2D eigenvalue weighted by Crippen LogP contribution is -2.59. The van der Waals surface area contributed by atoms with Crippen molar-refractivity contribution in [2.24, 2.45) is 11.8 Å². The van der Waals surface area contributed by atoms with E-state index in [0.29, 0.717) is 37.1 Å². The fourth-order valence-electron chi connectivity index (χ4n) is 7.43. The summed E-state index contributed by atoms with van der Waals surface area (Å²) in [6.07, 6.45) is 3.93. The highest BCUT2D eigenvalue weighted by Gasteiger charge is 2.75. The first kappa shape index (κ1) is 34.8. The lowest BCUT2D eigenvalue weighted by molar-refractivity contribution is -0.159. The summed E-state index contributed by atoms with van der Waals surface area (Å²) < 4.78 is 17.7. The molecule has 2 aromatic rings. The predicted octanol–water partition coefficient (Wildman–Crippen LogP) is 3.21. The number of benzene rings is 2. The van der Waals surface area contributed by atoms with Gasteiger partial charge in [0, 0.05) is 18.7 Å². The van der Waals surface area contributed by atoms with E-state index < -0.39 is 66.1 Å². The van der Waals surface area contributed by atoms with Gasteiger partial charge in [0.1, 0.15) is 23.5 Å². The fourth-order valence-corrected chi connectivity index (χ4v) is 7.43. The van der Waals surface area contributed by atoms with Crippen LogP contribution in [0.4, 0.5) is 5.69 Å². The number of methoxy groups -OCH3 is 1. The maximum Gasteiger partial charge on any atom is 0.312 e. The van der Waals surface area contributed by atoms with Crippen molar-refractivity contribution in [2.75, 3.05) is 31.7 Å². The molecule has 48 heavy (non-hydrogen) atoms. The van der Waals surface area contributed by atoms with Gasteiger partial charge in [0.15, 0.2) is 0 Å². The highest BCUT2D eigenvalue weighted by molar-refractivity contribution is 6.05. The summed E-state index contributed by atoms with van der Waals surface area (Å²) in [6, 6.07) is 14.6. The van der Waals surface area contributed by atoms with Crippen molar-refractivity contribution in [1.82, 2.24) is 10.2 Å². The second-order valence-electron chi connectivity index (χ2n) is 12.6. The van der Waals surface area contributed by atoms with Gasteiger partial charge in [0.25, 0.3) is 5.91 Å². The number of anilines is 1. The number of carbonyl (C=O) groups excluding carboxylic acids is 4. The van der Waals surface area contributed by atoms with E-state index in [0.717, 1.165) is 5.56 Å². The van der Waals surface area contributed by atoms with Crippen LogP contribution in [0.5, 0.6) is 5.75 Å². The van der Waals surface area contributed by atoms with E-state index in [1.54, 1.807) is 55.4 Å². The first-order chi connectivity index (χ1) is 23.2. The molecule has 3 aliphatic rings. The number of allylic oxidation sites excluding steroid dienone is 1. The van der Waals surface area contributed by atoms with Crippen LogP contribution in [0.25, 0.3) is 0 Å². The van der Waals surface area contributed by atoms with Crippen LogP contribution in [-0.2, 0) is 35.1 Å². The monoisotopic (exact) mass is 659 g/mol. The Kier molecular flexibility index (Phi) is 11.0. The summed E-state index contributed by atoms with van der Waals surface area (Å²) in [5.74, 6) is -2.93. The number of amides is 3. The Morgan fingerprint density at radius 1 is 1.15 bits per heavy atom. The van der Waals surface area contributed by atoms with Gasteiger partial charge in [-0.3, -0.25) is 19.2 Å². The highest BCUT2D eigenvalue weighted by Crippen LogP contribution is 2.59. The molecule has 3 heterocycles. The van der Waals surface area contributed by atoms with E-state index in [1.165, 1.54) is 4.90 Å². The second kappa shape index (κ2) is 15.2. The lowest BCUT2D eigenvalue weighted by atomic mass is 9.70. The minimum Gasteiger partial charge on any atom is -0.497 e. The Hall–Kier alpha value is -4.48. The van der Waals surface area contributed by atoms with Crippen LogP contribution in [0, 0.1) is 11.8 Å². The number of esters is 1. The summed E-state index contributed by atoms with van der Waals surface area (Å²) >= 11 is 0. The third kappa shape index (κ3) is 6.75. The number of rotatable bonds is 16. The third-order valence-electron chi connectivity index (χ3n) is 9.60. The van der Waals surface area contributed by atoms with Crippen LogP contribution in [-0.4, -0.2) is 90.4 Å². The van der Waals surface area contributed by atoms with Gasteiger partial charge in [-0.1, -0.05) is 42.5 Å². The first-order valence-corrected chi connectivity index (χ1v) is 16.5. The molecule has 2 aromatic carbocycles. The van der Waals surface area contributed by atoms with Crippen LogP contribution >= 0.6 is 0 Å². The molecule has 0 aliphatic carbocycles. The van der Waals surface area contributed by atoms with Crippen LogP contribution in [0.2, 0.25) is 0 Å². The molecule has 3 saturated heterocycles. The molecule has 1 spiro atoms. The maximum absolute atomic E-state index is 14.9. The molecular formula is C37H45N3O8. The minimum atomic E-state index is -1.30. The van der Waals surface area contributed by atoms with E-state index in [2.05, 4.69) is 18.5 Å². The molecular weight excluding hydrogens is 614 g/mol. The molecule has 0 radical (unpaired) electrons. The summed E-state index contributed by atoms with van der Waals surface area (Å²) in [4.78, 5) is 58.4. The van der Waals surface area contributed by atoms with Gasteiger partial charge in [-0.25, -0.2) is 0 Å². The van der Waals surface area contributed by atoms with E-state index in [9.17, 15) is 24.3 Å². The molecule has 0 unspecified atom stereocenters. The number of aliphatic hydroxyl groups excluding tert-OH is 1. The molecule has 2 bridgehead atoms. The number of hydrogen-bond acceptors (Lipinski definition) is 8. The van der Waals surface area contributed by atoms with Crippen LogP contribution in [0.15, 0.2) is 79.9 Å². The molecule has 5 rings (SSSR count). The number of hydrogen-bond donors (Lipinski definition) is 2. The molecule has 3 aliphatic heterocycles. The Labute approximate surface area is 281 Å². The van der Waals surface area contributed by atoms with Gasteiger partial charge in [-0.2, -0.15) is 0 Å². The number of ether oxygens (including phenoxy) is 3. The van der Waals surface area contributed by atoms with Gasteiger partial charge in [0.05, 0.1) is 44.2 Å². The van der Waals surface area contributed by atoms with Gasteiger partial charge < -0.3 is 34.4 Å². The fraction of sp³-hybridized carbons (Fsp3) is 0.459. The predicted molar refractivity (Wildman–Crippen MR) is 179 cm³/mol. The van der Waals surface area contributed by atoms with Gasteiger partial charge in [-0.05, 0) is 62.4 Å². The van der Waals surface area contributed by atoms with E-state index in [1.807, 2.05) is 30.3 Å². The van der Waals surface area contributed by atoms with Crippen molar-refractivity contribution in [3.8, 4) is 5.75 Å². The first-order valence-electron chi connectivity index (χ1n) is 16.5. The SMILES string of the molecule is C=CCCC(=O)NC[C@@H](C)OC(=O)[C@@H]1[C@H]2C(=O)N([C@@H](CO)Cc3ccccc3)[C@H](C(=O)N(CC=C)c3ccc(OC)cc3)[C@]23CC[C@H]1O3. The van der Waals surface area contributed by atoms with Crippen LogP contribution < -0.4 is 15.0 Å². The maximum atomic E-state index is 14.9. The van der Waals surface area contributed by atoms with E-state index >= 15 is 0 Å². The quantitative estimate of drug-likeness (QED) is 0.207. The average molecular weight is 660 g/mol. The van der Waals surface area contributed by atoms with Crippen molar-refractivity contribution < 1.29 is 38.5 Å². The largest absolute Gasteiger partial charge is 0.497 e. The summed E-state index contributed by atoms with van der Waals surface area (Å²) in [7, 11) is 1.56. The number of nitrogens with zero attached hydrogens (tertiary/aromatic N) is 2. The normalized spacial score (nSPS) is 25.1. The van der Waals surface area contributed by atoms with Crippen molar-refractivity contribution in [1.29, 1.82) is 0 Å². The topological polar surface area (TPSA) is 135 Å². The highest BCUT2D eigenvalue weighted by atomic mass is 16.6. The van der Waals surface area contributed by atoms with Crippen molar-refractivity contribution in [3.63, 3.8) is 0 Å². The zero-order valence-corrected chi connectivity index (χ0v) is 27.6. The molecule has 256 valence electrons.